The van der Waals surface area contributed by atoms with E-state index in [2.05, 4.69) is 15.6 Å². The molecule has 34 heavy (non-hydrogen) atoms. The molecule has 14 heteroatoms. The lowest BCUT2D eigenvalue weighted by molar-refractivity contribution is -0.144. The second-order valence-electron chi connectivity index (χ2n) is 7.38. The van der Waals surface area contributed by atoms with E-state index in [4.69, 9.17) is 16.3 Å². The summed E-state index contributed by atoms with van der Waals surface area (Å²) in [4.78, 5) is 65.7. The Labute approximate surface area is 202 Å². The van der Waals surface area contributed by atoms with E-state index in [1.54, 1.807) is 16.7 Å². The molecule has 1 atom stereocenters. The van der Waals surface area contributed by atoms with Crippen LogP contribution in [0, 0.1) is 0 Å². The Morgan fingerprint density at radius 3 is 2.59 bits per heavy atom. The lowest BCUT2D eigenvalue weighted by atomic mass is 10.2. The molecule has 3 aromatic rings. The minimum absolute atomic E-state index is 0.0354. The molecule has 3 aromatic heterocycles. The van der Waals surface area contributed by atoms with E-state index in [1.807, 2.05) is 0 Å². The number of nitrogens with zero attached hydrogens (tertiary/aromatic N) is 4. The predicted molar refractivity (Wildman–Crippen MR) is 125 cm³/mol. The fraction of sp³-hybridized carbons (Fsp3) is 0.400. The Balaban J connectivity index is 1.59. The molecule has 0 fully saturated rings. The average Bonchev–Trinajstić information content (AvgIpc) is 3.44. The van der Waals surface area contributed by atoms with Crippen molar-refractivity contribution in [2.45, 2.75) is 25.4 Å². The van der Waals surface area contributed by atoms with Gasteiger partial charge in [-0.3, -0.25) is 23.5 Å². The van der Waals surface area contributed by atoms with Crippen molar-refractivity contribution in [2.24, 2.45) is 14.1 Å². The van der Waals surface area contributed by atoms with Crippen molar-refractivity contribution in [1.82, 2.24) is 29.3 Å². The number of thiophene rings is 1. The van der Waals surface area contributed by atoms with Crippen LogP contribution in [-0.4, -0.2) is 56.2 Å². The average molecular weight is 511 g/mol. The number of halogens is 1. The van der Waals surface area contributed by atoms with Crippen molar-refractivity contribution in [3.05, 3.63) is 48.5 Å². The minimum atomic E-state index is -1.08. The first-order valence-electron chi connectivity index (χ1n) is 10.2. The minimum Gasteiger partial charge on any atom is -0.467 e. The number of amides is 2. The van der Waals surface area contributed by atoms with E-state index in [9.17, 15) is 24.0 Å². The number of ether oxygens (including phenoxy) is 1. The van der Waals surface area contributed by atoms with Gasteiger partial charge in [0, 0.05) is 33.6 Å². The lowest BCUT2D eigenvalue weighted by Gasteiger charge is -2.17. The van der Waals surface area contributed by atoms with Crippen molar-refractivity contribution in [1.29, 1.82) is 0 Å². The van der Waals surface area contributed by atoms with Crippen LogP contribution in [0.2, 0.25) is 4.34 Å². The van der Waals surface area contributed by atoms with Gasteiger partial charge < -0.3 is 19.9 Å². The molecule has 12 nitrogen and oxygen atoms in total. The Kier molecular flexibility index (Phi) is 7.89. The number of hydrogen-bond acceptors (Lipinski definition) is 8. The topological polar surface area (TPSA) is 146 Å². The van der Waals surface area contributed by atoms with Crippen molar-refractivity contribution in [3.63, 3.8) is 0 Å². The molecule has 3 rings (SSSR count). The van der Waals surface area contributed by atoms with Gasteiger partial charge in [0.05, 0.1) is 22.7 Å². The molecular formula is C20H23ClN6O6S. The number of aryl methyl sites for hydroxylation is 2. The van der Waals surface area contributed by atoms with Gasteiger partial charge >= 0.3 is 11.7 Å². The number of carbonyl (C=O) groups excluding carboxylic acids is 3. The number of imidazole rings is 1. The molecule has 0 saturated carbocycles. The number of aromatic nitrogens is 4. The summed E-state index contributed by atoms with van der Waals surface area (Å²) in [6, 6.07) is 2.06. The van der Waals surface area contributed by atoms with Crippen LogP contribution < -0.4 is 21.9 Å². The third-order valence-corrected chi connectivity index (χ3v) is 6.33. The lowest BCUT2D eigenvalue weighted by Crippen LogP contribution is -2.48. The van der Waals surface area contributed by atoms with Crippen LogP contribution in [-0.2, 0) is 35.0 Å². The molecule has 0 aliphatic rings. The molecule has 2 N–H and O–H groups in total. The molecule has 182 valence electrons. The number of rotatable bonds is 9. The van der Waals surface area contributed by atoms with Crippen LogP contribution in [0.5, 0.6) is 0 Å². The van der Waals surface area contributed by atoms with Gasteiger partial charge in [0.25, 0.3) is 11.5 Å². The highest BCUT2D eigenvalue weighted by molar-refractivity contribution is 7.18. The van der Waals surface area contributed by atoms with Gasteiger partial charge in [0.2, 0.25) is 5.91 Å². The van der Waals surface area contributed by atoms with Crippen LogP contribution in [0.3, 0.4) is 0 Å². The summed E-state index contributed by atoms with van der Waals surface area (Å²) in [7, 11) is 4.08. The van der Waals surface area contributed by atoms with Gasteiger partial charge in [0.15, 0.2) is 11.2 Å². The fourth-order valence-electron chi connectivity index (χ4n) is 3.30. The maximum Gasteiger partial charge on any atom is 0.332 e. The molecular weight excluding hydrogens is 488 g/mol. The van der Waals surface area contributed by atoms with E-state index < -0.39 is 35.1 Å². The summed E-state index contributed by atoms with van der Waals surface area (Å²) >= 11 is 6.91. The Morgan fingerprint density at radius 1 is 1.21 bits per heavy atom. The fourth-order valence-corrected chi connectivity index (χ4v) is 4.26. The summed E-state index contributed by atoms with van der Waals surface area (Å²) < 4.78 is 9.01. The maximum absolute atomic E-state index is 12.5. The standard InChI is InChI=1S/C20H23ClN6O6S/c1-25-16-15(18(30)26(2)20(25)32)27(10-23-16)8-4-5-14(28)24-11(19(31)33-3)9-22-17(29)12-6-7-13(21)34-12/h6-7,10-11H,4-5,8-9H2,1-3H3,(H,22,29)(H,24,28)/t11-/m0/s1. The zero-order valence-electron chi connectivity index (χ0n) is 18.7. The Bertz CT molecular complexity index is 1360. The van der Waals surface area contributed by atoms with Crippen LogP contribution in [0.4, 0.5) is 0 Å². The van der Waals surface area contributed by atoms with Gasteiger partial charge in [-0.05, 0) is 18.6 Å². The molecule has 0 aromatic carbocycles. The molecule has 0 spiro atoms. The van der Waals surface area contributed by atoms with Crippen molar-refractivity contribution in [2.75, 3.05) is 13.7 Å². The summed E-state index contributed by atoms with van der Waals surface area (Å²) in [5.41, 5.74) is -0.446. The first kappa shape index (κ1) is 25.2. The van der Waals surface area contributed by atoms with E-state index in [0.717, 1.165) is 15.9 Å². The first-order valence-corrected chi connectivity index (χ1v) is 11.3. The number of esters is 1. The Hall–Kier alpha value is -3.45. The monoisotopic (exact) mass is 510 g/mol. The Morgan fingerprint density at radius 2 is 1.94 bits per heavy atom. The van der Waals surface area contributed by atoms with Crippen molar-refractivity contribution >= 4 is 51.9 Å². The third kappa shape index (κ3) is 5.37. The SMILES string of the molecule is COC(=O)[C@H](CNC(=O)c1ccc(Cl)s1)NC(=O)CCCn1cnc2c1c(=O)n(C)c(=O)n2C. The van der Waals surface area contributed by atoms with Crippen molar-refractivity contribution in [3.8, 4) is 0 Å². The summed E-state index contributed by atoms with van der Waals surface area (Å²) in [5.74, 6) is -1.57. The molecule has 0 bridgehead atoms. The van der Waals surface area contributed by atoms with Gasteiger partial charge in [-0.1, -0.05) is 11.6 Å². The molecule has 0 aliphatic carbocycles. The zero-order valence-corrected chi connectivity index (χ0v) is 20.2. The van der Waals surface area contributed by atoms with E-state index in [1.165, 1.54) is 32.1 Å². The molecule has 0 radical (unpaired) electrons. The van der Waals surface area contributed by atoms with E-state index >= 15 is 0 Å². The summed E-state index contributed by atoms with van der Waals surface area (Å²) in [5, 5.41) is 5.12. The second kappa shape index (κ2) is 10.7. The number of hydrogen-bond donors (Lipinski definition) is 2. The van der Waals surface area contributed by atoms with Crippen molar-refractivity contribution < 1.29 is 19.1 Å². The predicted octanol–water partition coefficient (Wildman–Crippen LogP) is 0.0166. The summed E-state index contributed by atoms with van der Waals surface area (Å²) in [6.45, 7) is 0.124. The highest BCUT2D eigenvalue weighted by Gasteiger charge is 2.23. The highest BCUT2D eigenvalue weighted by atomic mass is 35.5. The van der Waals surface area contributed by atoms with Crippen LogP contribution >= 0.6 is 22.9 Å². The van der Waals surface area contributed by atoms with E-state index in [0.29, 0.717) is 15.6 Å². The highest BCUT2D eigenvalue weighted by Crippen LogP contribution is 2.21. The van der Waals surface area contributed by atoms with E-state index in [-0.39, 0.29) is 30.7 Å². The van der Waals surface area contributed by atoms with Gasteiger partial charge in [-0.2, -0.15) is 0 Å². The van der Waals surface area contributed by atoms with Crippen LogP contribution in [0.1, 0.15) is 22.5 Å². The molecule has 0 saturated heterocycles. The normalized spacial score (nSPS) is 11.9. The number of fused-ring (bicyclic) bond motifs is 1. The number of carbonyl (C=O) groups is 3. The molecule has 3 heterocycles. The number of nitrogens with one attached hydrogen (secondary N) is 2. The largest absolute Gasteiger partial charge is 0.467 e. The zero-order chi connectivity index (χ0) is 25.0. The van der Waals surface area contributed by atoms with Gasteiger partial charge in [-0.15, -0.1) is 11.3 Å². The smallest absolute Gasteiger partial charge is 0.332 e. The third-order valence-electron chi connectivity index (χ3n) is 5.10. The quantitative estimate of drug-likeness (QED) is 0.386. The molecule has 0 unspecified atom stereocenters. The molecule has 2 amide bonds. The molecule has 0 aliphatic heterocycles. The van der Waals surface area contributed by atoms with Crippen LogP contribution in [0.25, 0.3) is 11.2 Å². The second-order valence-corrected chi connectivity index (χ2v) is 9.09. The van der Waals surface area contributed by atoms with Crippen LogP contribution in [0.15, 0.2) is 28.0 Å². The van der Waals surface area contributed by atoms with Gasteiger partial charge in [-0.25, -0.2) is 14.6 Å². The number of methoxy groups -OCH3 is 1. The first-order chi connectivity index (χ1) is 16.1. The maximum atomic E-state index is 12.5. The van der Waals surface area contributed by atoms with Gasteiger partial charge in [0.1, 0.15) is 6.04 Å². The summed E-state index contributed by atoms with van der Waals surface area (Å²) in [6.07, 6.45) is 1.80.